The van der Waals surface area contributed by atoms with Gasteiger partial charge < -0.3 is 15.1 Å². The monoisotopic (exact) mass is 371 g/mol. The van der Waals surface area contributed by atoms with Crippen molar-refractivity contribution in [1.29, 1.82) is 0 Å². The Kier molecular flexibility index (Phi) is 5.70. The van der Waals surface area contributed by atoms with Crippen LogP contribution in [-0.2, 0) is 0 Å². The molecule has 2 aromatic rings. The van der Waals surface area contributed by atoms with Gasteiger partial charge in [0, 0.05) is 32.6 Å². The second-order valence-electron chi connectivity index (χ2n) is 7.35. The Morgan fingerprint density at radius 3 is 2.63 bits per heavy atom. The lowest BCUT2D eigenvalue weighted by Gasteiger charge is -2.20. The number of halogens is 1. The fraction of sp³-hybridized carbons (Fsp3) is 0.450. The van der Waals surface area contributed by atoms with Gasteiger partial charge in [-0.3, -0.25) is 4.79 Å². The Hall–Kier alpha value is -2.54. The molecule has 6 nitrogen and oxygen atoms in total. The van der Waals surface area contributed by atoms with E-state index in [4.69, 9.17) is 0 Å². The van der Waals surface area contributed by atoms with E-state index in [1.54, 1.807) is 26.2 Å². The van der Waals surface area contributed by atoms with Gasteiger partial charge in [0.15, 0.2) is 0 Å². The quantitative estimate of drug-likeness (QED) is 0.875. The molecule has 1 aliphatic rings. The van der Waals surface area contributed by atoms with Crippen molar-refractivity contribution in [2.75, 3.05) is 39.5 Å². The third kappa shape index (κ3) is 4.42. The molecule has 1 aromatic heterocycles. The van der Waals surface area contributed by atoms with Crippen molar-refractivity contribution < 1.29 is 9.18 Å². The maximum atomic E-state index is 13.3. The van der Waals surface area contributed by atoms with Crippen molar-refractivity contribution in [2.45, 2.75) is 25.3 Å². The molecular formula is C20H26FN5O. The van der Waals surface area contributed by atoms with E-state index in [9.17, 15) is 9.18 Å². The van der Waals surface area contributed by atoms with Gasteiger partial charge in [0.05, 0.1) is 11.9 Å². The topological polar surface area (TPSA) is 61.4 Å². The van der Waals surface area contributed by atoms with Gasteiger partial charge in [0.25, 0.3) is 5.91 Å². The molecular weight excluding hydrogens is 345 g/mol. The molecule has 1 unspecified atom stereocenters. The van der Waals surface area contributed by atoms with E-state index in [-0.39, 0.29) is 17.6 Å². The molecule has 2 heterocycles. The van der Waals surface area contributed by atoms with Crippen LogP contribution in [0.15, 0.2) is 30.5 Å². The van der Waals surface area contributed by atoms with Crippen LogP contribution < -0.4 is 5.32 Å². The van der Waals surface area contributed by atoms with Crippen LogP contribution in [0.4, 0.5) is 10.2 Å². The summed E-state index contributed by atoms with van der Waals surface area (Å²) in [7, 11) is 5.47. The molecule has 1 saturated heterocycles. The Balaban J connectivity index is 1.96. The van der Waals surface area contributed by atoms with Crippen LogP contribution in [0.2, 0.25) is 0 Å². The van der Waals surface area contributed by atoms with Gasteiger partial charge in [-0.05, 0) is 37.7 Å². The molecule has 0 saturated carbocycles. The summed E-state index contributed by atoms with van der Waals surface area (Å²) in [6, 6.07) is 6.66. The lowest BCUT2D eigenvalue weighted by Crippen LogP contribution is -2.27. The highest BCUT2D eigenvalue weighted by atomic mass is 19.1. The third-order valence-electron chi connectivity index (χ3n) is 4.94. The fourth-order valence-electron chi connectivity index (χ4n) is 3.30. The lowest BCUT2D eigenvalue weighted by atomic mass is 9.97. The number of rotatable bonds is 5. The summed E-state index contributed by atoms with van der Waals surface area (Å²) in [5.41, 5.74) is 1.92. The maximum Gasteiger partial charge on any atom is 0.273 e. The van der Waals surface area contributed by atoms with E-state index in [2.05, 4.69) is 27.2 Å². The standard InChI is InChI=1S/C20H26FN5O/c1-13(14-5-7-15(21)8-6-14)18-19(23-16-9-10-26(4)12-16)22-11-17(24-18)20(27)25(2)3/h5-8,11,13,16H,9-10,12H2,1-4H3,(H,22,23)/t13-,16?/m1/s1. The number of nitrogens with zero attached hydrogens (tertiary/aromatic N) is 4. The first-order valence-electron chi connectivity index (χ1n) is 9.14. The fourth-order valence-corrected chi connectivity index (χ4v) is 3.30. The first-order chi connectivity index (χ1) is 12.8. The van der Waals surface area contributed by atoms with Crippen molar-refractivity contribution in [3.05, 3.63) is 53.2 Å². The minimum Gasteiger partial charge on any atom is -0.364 e. The summed E-state index contributed by atoms with van der Waals surface area (Å²) < 4.78 is 13.3. The van der Waals surface area contributed by atoms with E-state index in [1.807, 2.05) is 6.92 Å². The molecule has 1 fully saturated rings. The maximum absolute atomic E-state index is 13.3. The number of hydrogen-bond acceptors (Lipinski definition) is 5. The third-order valence-corrected chi connectivity index (χ3v) is 4.94. The molecule has 7 heteroatoms. The van der Waals surface area contributed by atoms with Crippen molar-refractivity contribution in [2.24, 2.45) is 0 Å². The highest BCUT2D eigenvalue weighted by Crippen LogP contribution is 2.29. The molecule has 1 aliphatic heterocycles. The number of likely N-dealkylation sites (N-methyl/N-ethyl adjacent to an activating group) is 1. The Bertz CT molecular complexity index is 809. The normalized spacial score (nSPS) is 18.3. The van der Waals surface area contributed by atoms with Gasteiger partial charge in [-0.25, -0.2) is 14.4 Å². The Morgan fingerprint density at radius 2 is 2.04 bits per heavy atom. The average Bonchev–Trinajstić information content (AvgIpc) is 3.06. The minimum atomic E-state index is -0.277. The molecule has 2 atom stereocenters. The molecule has 3 rings (SSSR count). The number of amides is 1. The van der Waals surface area contributed by atoms with E-state index < -0.39 is 0 Å². The summed E-state index contributed by atoms with van der Waals surface area (Å²) in [6.45, 7) is 3.96. The highest BCUT2D eigenvalue weighted by Gasteiger charge is 2.24. The molecule has 1 amide bonds. The van der Waals surface area contributed by atoms with E-state index in [0.29, 0.717) is 23.2 Å². The average molecular weight is 371 g/mol. The van der Waals surface area contributed by atoms with Crippen LogP contribution >= 0.6 is 0 Å². The lowest BCUT2D eigenvalue weighted by molar-refractivity contribution is 0.0821. The smallest absolute Gasteiger partial charge is 0.273 e. The molecule has 1 aromatic carbocycles. The zero-order valence-corrected chi connectivity index (χ0v) is 16.2. The summed E-state index contributed by atoms with van der Waals surface area (Å²) in [5.74, 6) is 0.0835. The van der Waals surface area contributed by atoms with Crippen LogP contribution in [0, 0.1) is 5.82 Å². The summed E-state index contributed by atoms with van der Waals surface area (Å²) in [4.78, 5) is 25.2. The van der Waals surface area contributed by atoms with Gasteiger partial charge in [-0.2, -0.15) is 0 Å². The van der Waals surface area contributed by atoms with Gasteiger partial charge in [-0.1, -0.05) is 19.1 Å². The first-order valence-corrected chi connectivity index (χ1v) is 9.14. The number of aromatic nitrogens is 2. The van der Waals surface area contributed by atoms with E-state index >= 15 is 0 Å². The number of benzene rings is 1. The number of carbonyl (C=O) groups excluding carboxylic acids is 1. The predicted molar refractivity (Wildman–Crippen MR) is 103 cm³/mol. The number of nitrogens with one attached hydrogen (secondary N) is 1. The van der Waals surface area contributed by atoms with Crippen LogP contribution in [0.5, 0.6) is 0 Å². The van der Waals surface area contributed by atoms with E-state index in [0.717, 1.165) is 25.1 Å². The zero-order chi connectivity index (χ0) is 19.6. The van der Waals surface area contributed by atoms with Crippen LogP contribution in [-0.4, -0.2) is 65.9 Å². The largest absolute Gasteiger partial charge is 0.364 e. The minimum absolute atomic E-state index is 0.130. The second-order valence-corrected chi connectivity index (χ2v) is 7.35. The van der Waals surface area contributed by atoms with Crippen molar-refractivity contribution in [3.63, 3.8) is 0 Å². The van der Waals surface area contributed by atoms with Crippen molar-refractivity contribution >= 4 is 11.7 Å². The molecule has 144 valence electrons. The number of hydrogen-bond donors (Lipinski definition) is 1. The molecule has 0 radical (unpaired) electrons. The van der Waals surface area contributed by atoms with Crippen LogP contribution in [0.25, 0.3) is 0 Å². The predicted octanol–water partition coefficient (Wildman–Crippen LogP) is 2.59. The molecule has 0 aliphatic carbocycles. The SMILES string of the molecule is C[C@H](c1ccc(F)cc1)c1nc(C(=O)N(C)C)cnc1NC1CCN(C)C1. The number of likely N-dealkylation sites (tertiary alicyclic amines) is 1. The van der Waals surface area contributed by atoms with Crippen LogP contribution in [0.1, 0.15) is 41.0 Å². The van der Waals surface area contributed by atoms with Crippen molar-refractivity contribution in [1.82, 2.24) is 19.8 Å². The molecule has 1 N–H and O–H groups in total. The summed E-state index contributed by atoms with van der Waals surface area (Å²) >= 11 is 0. The van der Waals surface area contributed by atoms with Gasteiger partial charge >= 0.3 is 0 Å². The number of anilines is 1. The van der Waals surface area contributed by atoms with Crippen molar-refractivity contribution in [3.8, 4) is 0 Å². The van der Waals surface area contributed by atoms with Gasteiger partial charge in [0.2, 0.25) is 0 Å². The number of carbonyl (C=O) groups is 1. The second kappa shape index (κ2) is 8.00. The Morgan fingerprint density at radius 1 is 1.33 bits per heavy atom. The van der Waals surface area contributed by atoms with Crippen LogP contribution in [0.3, 0.4) is 0 Å². The molecule has 0 spiro atoms. The zero-order valence-electron chi connectivity index (χ0n) is 16.2. The van der Waals surface area contributed by atoms with E-state index in [1.165, 1.54) is 23.2 Å². The van der Waals surface area contributed by atoms with Gasteiger partial charge in [0.1, 0.15) is 17.3 Å². The highest BCUT2D eigenvalue weighted by molar-refractivity contribution is 5.91. The summed E-state index contributed by atoms with van der Waals surface area (Å²) in [6.07, 6.45) is 2.55. The summed E-state index contributed by atoms with van der Waals surface area (Å²) in [5, 5.41) is 3.48. The van der Waals surface area contributed by atoms with Gasteiger partial charge in [-0.15, -0.1) is 0 Å². The first kappa shape index (κ1) is 19.2. The molecule has 0 bridgehead atoms. The Labute approximate surface area is 159 Å². The molecule has 27 heavy (non-hydrogen) atoms.